The van der Waals surface area contributed by atoms with Gasteiger partial charge in [0.15, 0.2) is 0 Å². The molecule has 0 amide bonds. The smallest absolute Gasteiger partial charge is 0.0957 e. The molecule has 0 saturated heterocycles. The third kappa shape index (κ3) is 7.25. The molecule has 1 aliphatic rings. The Labute approximate surface area is 111 Å². The van der Waals surface area contributed by atoms with E-state index in [1.54, 1.807) is 19.2 Å². The summed E-state index contributed by atoms with van der Waals surface area (Å²) < 4.78 is 0. The molecule has 102 valence electrons. The van der Waals surface area contributed by atoms with Crippen LogP contribution in [0.5, 0.6) is 0 Å². The fourth-order valence-corrected chi connectivity index (χ4v) is 2.55. The third-order valence-electron chi connectivity index (χ3n) is 3.54. The molecule has 0 aromatic heterocycles. The number of nitrogens with two attached hydrogens (primary N) is 1. The Morgan fingerprint density at radius 2 is 1.72 bits per heavy atom. The number of nitrogens with zero attached hydrogens (tertiary/aromatic N) is 1. The van der Waals surface area contributed by atoms with E-state index < -0.39 is 0 Å². The van der Waals surface area contributed by atoms with Crippen molar-refractivity contribution in [2.45, 2.75) is 64.7 Å². The Hall–Kier alpha value is -1.12. The first-order valence-corrected chi connectivity index (χ1v) is 7.22. The van der Waals surface area contributed by atoms with Crippen LogP contribution in [-0.4, -0.2) is 11.5 Å². The molecule has 0 atom stereocenters. The van der Waals surface area contributed by atoms with Gasteiger partial charge in [0, 0.05) is 11.9 Å². The number of hydrogen-bond donors (Lipinski definition) is 2. The molecule has 1 saturated carbocycles. The summed E-state index contributed by atoms with van der Waals surface area (Å²) in [6.45, 7) is 1.76. The summed E-state index contributed by atoms with van der Waals surface area (Å²) in [5.74, 6) is 1.24. The largest absolute Gasteiger partial charge is 0.387 e. The number of allylic oxidation sites excluding steroid dienone is 1. The molecule has 3 N–H and O–H groups in total. The Kier molecular flexibility index (Phi) is 7.38. The first kappa shape index (κ1) is 14.9. The zero-order valence-electron chi connectivity index (χ0n) is 11.6. The Bertz CT molecular complexity index is 291. The standard InChI is InChI=1S/C15H27N3/c1-13(16)18-11-10-15(17)12-14-8-6-4-2-3-5-7-9-14/h10-11,14,17H,2-9,12H2,1H3,(H2,16,18)/b11-10+,17-15?. The van der Waals surface area contributed by atoms with Crippen LogP contribution in [0.2, 0.25) is 0 Å². The summed E-state index contributed by atoms with van der Waals surface area (Å²) in [4.78, 5) is 3.98. The van der Waals surface area contributed by atoms with Gasteiger partial charge in [-0.1, -0.05) is 51.4 Å². The molecule has 1 rings (SSSR count). The second kappa shape index (κ2) is 8.90. The highest BCUT2D eigenvalue weighted by atomic mass is 14.8. The lowest BCUT2D eigenvalue weighted by molar-refractivity contribution is 0.441. The van der Waals surface area contributed by atoms with Crippen LogP contribution in [-0.2, 0) is 0 Å². The van der Waals surface area contributed by atoms with Crippen LogP contribution in [0.4, 0.5) is 0 Å². The number of aliphatic imine (C=N–C) groups is 1. The van der Waals surface area contributed by atoms with Crippen molar-refractivity contribution in [1.82, 2.24) is 0 Å². The van der Waals surface area contributed by atoms with Crippen molar-refractivity contribution in [2.75, 3.05) is 0 Å². The molecule has 18 heavy (non-hydrogen) atoms. The molecule has 0 heterocycles. The van der Waals surface area contributed by atoms with Crippen molar-refractivity contribution in [2.24, 2.45) is 16.6 Å². The van der Waals surface area contributed by atoms with Crippen molar-refractivity contribution in [3.05, 3.63) is 12.3 Å². The summed E-state index contributed by atoms with van der Waals surface area (Å²) in [5.41, 5.74) is 6.13. The van der Waals surface area contributed by atoms with Crippen molar-refractivity contribution in [3.8, 4) is 0 Å². The van der Waals surface area contributed by atoms with E-state index in [0.717, 1.165) is 6.42 Å². The molecule has 0 aliphatic heterocycles. The predicted molar refractivity (Wildman–Crippen MR) is 79.2 cm³/mol. The fraction of sp³-hybridized carbons (Fsp3) is 0.733. The number of rotatable bonds is 4. The van der Waals surface area contributed by atoms with Gasteiger partial charge in [0.05, 0.1) is 5.84 Å². The summed E-state index contributed by atoms with van der Waals surface area (Å²) in [6.07, 6.45) is 15.1. The second-order valence-corrected chi connectivity index (χ2v) is 5.38. The molecule has 0 aromatic carbocycles. The normalized spacial score (nSPS) is 20.4. The van der Waals surface area contributed by atoms with Gasteiger partial charge in [-0.15, -0.1) is 0 Å². The van der Waals surface area contributed by atoms with Crippen LogP contribution in [0, 0.1) is 11.3 Å². The number of nitrogens with one attached hydrogen (secondary N) is 1. The molecular weight excluding hydrogens is 222 g/mol. The average Bonchev–Trinajstić information content (AvgIpc) is 2.42. The summed E-state index contributed by atoms with van der Waals surface area (Å²) in [6, 6.07) is 0. The van der Waals surface area contributed by atoms with E-state index >= 15 is 0 Å². The maximum atomic E-state index is 7.95. The molecule has 0 bridgehead atoms. The first-order chi connectivity index (χ1) is 8.68. The van der Waals surface area contributed by atoms with Crippen LogP contribution in [0.15, 0.2) is 17.3 Å². The minimum atomic E-state index is 0.543. The molecule has 0 unspecified atom stereocenters. The minimum absolute atomic E-state index is 0.543. The van der Waals surface area contributed by atoms with Gasteiger partial charge in [-0.05, 0) is 25.3 Å². The van der Waals surface area contributed by atoms with Crippen LogP contribution in [0.1, 0.15) is 64.7 Å². The van der Waals surface area contributed by atoms with E-state index in [9.17, 15) is 0 Å². The second-order valence-electron chi connectivity index (χ2n) is 5.38. The molecule has 0 radical (unpaired) electrons. The molecule has 3 nitrogen and oxygen atoms in total. The molecule has 0 spiro atoms. The van der Waals surface area contributed by atoms with Crippen molar-refractivity contribution in [3.63, 3.8) is 0 Å². The zero-order valence-corrected chi connectivity index (χ0v) is 11.6. The Morgan fingerprint density at radius 1 is 1.17 bits per heavy atom. The van der Waals surface area contributed by atoms with Crippen LogP contribution >= 0.6 is 0 Å². The summed E-state index contributed by atoms with van der Waals surface area (Å²) in [7, 11) is 0. The fourth-order valence-electron chi connectivity index (χ4n) is 2.55. The predicted octanol–water partition coefficient (Wildman–Crippen LogP) is 4.04. The van der Waals surface area contributed by atoms with Crippen molar-refractivity contribution >= 4 is 11.5 Å². The Morgan fingerprint density at radius 3 is 2.28 bits per heavy atom. The summed E-state index contributed by atoms with van der Waals surface area (Å²) >= 11 is 0. The minimum Gasteiger partial charge on any atom is -0.387 e. The maximum Gasteiger partial charge on any atom is 0.0957 e. The zero-order chi connectivity index (χ0) is 13.2. The lowest BCUT2D eigenvalue weighted by atomic mass is 9.91. The summed E-state index contributed by atoms with van der Waals surface area (Å²) in [5, 5.41) is 7.95. The molecule has 1 aliphatic carbocycles. The number of hydrogen-bond acceptors (Lipinski definition) is 2. The van der Waals surface area contributed by atoms with E-state index in [1.807, 2.05) is 0 Å². The van der Waals surface area contributed by atoms with Crippen molar-refractivity contribution < 1.29 is 0 Å². The van der Waals surface area contributed by atoms with E-state index in [-0.39, 0.29) is 0 Å². The van der Waals surface area contributed by atoms with E-state index in [2.05, 4.69) is 4.99 Å². The topological polar surface area (TPSA) is 62.2 Å². The number of amidine groups is 1. The highest BCUT2D eigenvalue weighted by molar-refractivity contribution is 5.92. The molecule has 3 heteroatoms. The van der Waals surface area contributed by atoms with Gasteiger partial charge in [0.25, 0.3) is 0 Å². The van der Waals surface area contributed by atoms with E-state index in [4.69, 9.17) is 11.1 Å². The molecular formula is C15H27N3. The maximum absolute atomic E-state index is 7.95. The van der Waals surface area contributed by atoms with E-state index in [1.165, 1.54) is 51.4 Å². The van der Waals surface area contributed by atoms with Gasteiger partial charge in [-0.3, -0.25) is 0 Å². The van der Waals surface area contributed by atoms with E-state index in [0.29, 0.717) is 17.5 Å². The van der Waals surface area contributed by atoms with Crippen molar-refractivity contribution in [1.29, 1.82) is 5.41 Å². The SMILES string of the molecule is CC(N)=N/C=C/C(=N)CC1CCCCCCCC1. The van der Waals surface area contributed by atoms with Gasteiger partial charge in [0.2, 0.25) is 0 Å². The van der Waals surface area contributed by atoms with Crippen LogP contribution < -0.4 is 5.73 Å². The van der Waals surface area contributed by atoms with Crippen LogP contribution in [0.3, 0.4) is 0 Å². The first-order valence-electron chi connectivity index (χ1n) is 7.22. The van der Waals surface area contributed by atoms with Gasteiger partial charge in [-0.25, -0.2) is 4.99 Å². The van der Waals surface area contributed by atoms with Gasteiger partial charge in [0.1, 0.15) is 0 Å². The highest BCUT2D eigenvalue weighted by Gasteiger charge is 2.11. The average molecular weight is 249 g/mol. The lowest BCUT2D eigenvalue weighted by Gasteiger charge is -2.14. The third-order valence-corrected chi connectivity index (χ3v) is 3.54. The molecule has 1 fully saturated rings. The highest BCUT2D eigenvalue weighted by Crippen LogP contribution is 2.24. The van der Waals surface area contributed by atoms with Gasteiger partial charge >= 0.3 is 0 Å². The Balaban J connectivity index is 2.36. The quantitative estimate of drug-likeness (QED) is 0.573. The molecule has 0 aromatic rings. The van der Waals surface area contributed by atoms with Gasteiger partial charge < -0.3 is 11.1 Å². The van der Waals surface area contributed by atoms with Crippen LogP contribution in [0.25, 0.3) is 0 Å². The monoisotopic (exact) mass is 249 g/mol. The lowest BCUT2D eigenvalue weighted by Crippen LogP contribution is -2.07. The van der Waals surface area contributed by atoms with Gasteiger partial charge in [-0.2, -0.15) is 0 Å².